The third-order valence-electron chi connectivity index (χ3n) is 2.51. The molecular weight excluding hydrogens is 174 g/mol. The second-order valence-electron chi connectivity index (χ2n) is 4.09. The minimum Gasteiger partial charge on any atom is -0.391 e. The summed E-state index contributed by atoms with van der Waals surface area (Å²) in [6, 6.07) is 7.85. The first-order chi connectivity index (χ1) is 6.52. The van der Waals surface area contributed by atoms with E-state index < -0.39 is 6.10 Å². The first-order valence-corrected chi connectivity index (χ1v) is 5.06. The van der Waals surface area contributed by atoms with Gasteiger partial charge in [-0.3, -0.25) is 0 Å². The molecule has 0 bridgehead atoms. The Morgan fingerprint density at radius 1 is 1.00 bits per heavy atom. The van der Waals surface area contributed by atoms with Crippen molar-refractivity contribution in [1.82, 2.24) is 0 Å². The minimum atomic E-state index is -0.500. The van der Waals surface area contributed by atoms with E-state index in [1.165, 1.54) is 5.56 Å². The van der Waals surface area contributed by atoms with Gasteiger partial charge in [-0.25, -0.2) is 0 Å². The zero-order valence-corrected chi connectivity index (χ0v) is 9.07. The van der Waals surface area contributed by atoms with Crippen LogP contribution in [0, 0.1) is 0 Å². The lowest BCUT2D eigenvalue weighted by atomic mass is 9.98. The molecule has 0 spiro atoms. The van der Waals surface area contributed by atoms with Crippen LogP contribution < -0.4 is 5.73 Å². The summed E-state index contributed by atoms with van der Waals surface area (Å²) in [5, 5.41) is 9.33. The molecule has 0 aliphatic carbocycles. The Bertz CT molecular complexity index is 277. The highest BCUT2D eigenvalue weighted by Gasteiger charge is 2.11. The smallest absolute Gasteiger partial charge is 0.0704 e. The highest BCUT2D eigenvalue weighted by molar-refractivity contribution is 5.27. The van der Waals surface area contributed by atoms with Crippen molar-refractivity contribution in [1.29, 1.82) is 0 Å². The lowest BCUT2D eigenvalue weighted by Crippen LogP contribution is -2.23. The molecule has 2 nitrogen and oxygen atoms in total. The summed E-state index contributed by atoms with van der Waals surface area (Å²) in [6.45, 7) is 6.02. The number of aliphatic hydroxyl groups excluding tert-OH is 1. The maximum atomic E-state index is 9.33. The van der Waals surface area contributed by atoms with E-state index in [-0.39, 0.29) is 6.04 Å². The van der Waals surface area contributed by atoms with Crippen molar-refractivity contribution in [2.24, 2.45) is 5.73 Å². The van der Waals surface area contributed by atoms with Crippen molar-refractivity contribution in [3.05, 3.63) is 35.4 Å². The first kappa shape index (κ1) is 11.2. The highest BCUT2D eigenvalue weighted by Crippen LogP contribution is 2.19. The standard InChI is InChI=1S/C12H19NO/c1-8(2)10-4-6-11(7-5-10)12(13)9(3)14/h4-9,12,14H,13H2,1-3H3/t9?,12-/m1/s1. The molecule has 0 radical (unpaired) electrons. The van der Waals surface area contributed by atoms with Crippen molar-refractivity contribution in [3.63, 3.8) is 0 Å². The van der Waals surface area contributed by atoms with E-state index in [0.29, 0.717) is 5.92 Å². The normalized spacial score (nSPS) is 15.6. The summed E-state index contributed by atoms with van der Waals surface area (Å²) in [5.41, 5.74) is 8.10. The molecule has 0 saturated heterocycles. The van der Waals surface area contributed by atoms with Crippen LogP contribution >= 0.6 is 0 Å². The van der Waals surface area contributed by atoms with Gasteiger partial charge in [0.05, 0.1) is 12.1 Å². The molecule has 3 N–H and O–H groups in total. The van der Waals surface area contributed by atoms with Crippen LogP contribution in [-0.4, -0.2) is 11.2 Å². The molecule has 0 aliphatic rings. The molecule has 2 atom stereocenters. The summed E-state index contributed by atoms with van der Waals surface area (Å²) in [6.07, 6.45) is -0.500. The molecule has 78 valence electrons. The number of nitrogens with two attached hydrogens (primary N) is 1. The van der Waals surface area contributed by atoms with Crippen LogP contribution in [0.1, 0.15) is 43.9 Å². The molecule has 0 heterocycles. The van der Waals surface area contributed by atoms with Gasteiger partial charge < -0.3 is 10.8 Å². The van der Waals surface area contributed by atoms with Gasteiger partial charge in [-0.2, -0.15) is 0 Å². The van der Waals surface area contributed by atoms with Gasteiger partial charge in [0.25, 0.3) is 0 Å². The zero-order chi connectivity index (χ0) is 10.7. The van der Waals surface area contributed by atoms with Crippen LogP contribution in [0.2, 0.25) is 0 Å². The fraction of sp³-hybridized carbons (Fsp3) is 0.500. The summed E-state index contributed by atoms with van der Waals surface area (Å²) in [4.78, 5) is 0. The van der Waals surface area contributed by atoms with E-state index in [4.69, 9.17) is 5.73 Å². The summed E-state index contributed by atoms with van der Waals surface area (Å²) < 4.78 is 0. The molecule has 1 aromatic rings. The molecule has 1 unspecified atom stereocenters. The monoisotopic (exact) mass is 193 g/mol. The maximum absolute atomic E-state index is 9.33. The summed E-state index contributed by atoms with van der Waals surface area (Å²) >= 11 is 0. The Morgan fingerprint density at radius 2 is 1.43 bits per heavy atom. The molecule has 1 aromatic carbocycles. The second kappa shape index (κ2) is 4.58. The van der Waals surface area contributed by atoms with Crippen LogP contribution in [0.3, 0.4) is 0 Å². The van der Waals surface area contributed by atoms with Crippen LogP contribution in [0.4, 0.5) is 0 Å². The molecule has 0 aromatic heterocycles. The van der Waals surface area contributed by atoms with E-state index >= 15 is 0 Å². The fourth-order valence-electron chi connectivity index (χ4n) is 1.38. The number of aliphatic hydroxyl groups is 1. The van der Waals surface area contributed by atoms with Crippen LogP contribution in [-0.2, 0) is 0 Å². The largest absolute Gasteiger partial charge is 0.391 e. The van der Waals surface area contributed by atoms with E-state index in [1.807, 2.05) is 12.1 Å². The van der Waals surface area contributed by atoms with Crippen molar-refractivity contribution >= 4 is 0 Å². The van der Waals surface area contributed by atoms with Crippen molar-refractivity contribution in [2.45, 2.75) is 38.8 Å². The Kier molecular flexibility index (Phi) is 3.67. The number of rotatable bonds is 3. The number of hydrogen-bond acceptors (Lipinski definition) is 2. The molecular formula is C12H19NO. The van der Waals surface area contributed by atoms with Gasteiger partial charge in [0.15, 0.2) is 0 Å². The van der Waals surface area contributed by atoms with Crippen LogP contribution in [0.25, 0.3) is 0 Å². The summed E-state index contributed by atoms with van der Waals surface area (Å²) in [7, 11) is 0. The van der Waals surface area contributed by atoms with E-state index in [9.17, 15) is 5.11 Å². The van der Waals surface area contributed by atoms with Crippen LogP contribution in [0.5, 0.6) is 0 Å². The number of benzene rings is 1. The average molecular weight is 193 g/mol. The average Bonchev–Trinajstić information content (AvgIpc) is 2.16. The van der Waals surface area contributed by atoms with E-state index in [2.05, 4.69) is 26.0 Å². The van der Waals surface area contributed by atoms with Gasteiger partial charge in [-0.1, -0.05) is 38.1 Å². The third kappa shape index (κ3) is 2.56. The SMILES string of the molecule is CC(C)c1ccc([C@H](N)C(C)O)cc1. The Labute approximate surface area is 85.8 Å². The Morgan fingerprint density at radius 3 is 1.79 bits per heavy atom. The van der Waals surface area contributed by atoms with Crippen molar-refractivity contribution < 1.29 is 5.11 Å². The molecule has 1 rings (SSSR count). The predicted octanol–water partition coefficient (Wildman–Crippen LogP) is 2.19. The fourth-order valence-corrected chi connectivity index (χ4v) is 1.38. The van der Waals surface area contributed by atoms with Gasteiger partial charge in [0.1, 0.15) is 0 Å². The molecule has 0 amide bonds. The van der Waals surface area contributed by atoms with Gasteiger partial charge in [-0.15, -0.1) is 0 Å². The first-order valence-electron chi connectivity index (χ1n) is 5.06. The highest BCUT2D eigenvalue weighted by atomic mass is 16.3. The topological polar surface area (TPSA) is 46.2 Å². The summed E-state index contributed by atoms with van der Waals surface area (Å²) in [5.74, 6) is 0.534. The number of hydrogen-bond donors (Lipinski definition) is 2. The third-order valence-corrected chi connectivity index (χ3v) is 2.51. The Balaban J connectivity index is 2.83. The lowest BCUT2D eigenvalue weighted by molar-refractivity contribution is 0.164. The minimum absolute atomic E-state index is 0.281. The van der Waals surface area contributed by atoms with Crippen molar-refractivity contribution in [2.75, 3.05) is 0 Å². The van der Waals surface area contributed by atoms with E-state index in [0.717, 1.165) is 5.56 Å². The van der Waals surface area contributed by atoms with Gasteiger partial charge in [-0.05, 0) is 24.0 Å². The van der Waals surface area contributed by atoms with Crippen molar-refractivity contribution in [3.8, 4) is 0 Å². The molecule has 0 saturated carbocycles. The second-order valence-corrected chi connectivity index (χ2v) is 4.09. The molecule has 2 heteroatoms. The maximum Gasteiger partial charge on any atom is 0.0704 e. The van der Waals surface area contributed by atoms with Gasteiger partial charge in [0, 0.05) is 0 Å². The predicted molar refractivity (Wildman–Crippen MR) is 59.1 cm³/mol. The quantitative estimate of drug-likeness (QED) is 0.773. The molecule has 0 fully saturated rings. The van der Waals surface area contributed by atoms with Gasteiger partial charge >= 0.3 is 0 Å². The molecule has 14 heavy (non-hydrogen) atoms. The molecule has 0 aliphatic heterocycles. The van der Waals surface area contributed by atoms with Gasteiger partial charge in [0.2, 0.25) is 0 Å². The zero-order valence-electron chi connectivity index (χ0n) is 9.07. The lowest BCUT2D eigenvalue weighted by Gasteiger charge is -2.15. The van der Waals surface area contributed by atoms with E-state index in [1.54, 1.807) is 6.92 Å². The van der Waals surface area contributed by atoms with Crippen LogP contribution in [0.15, 0.2) is 24.3 Å². The Hall–Kier alpha value is -0.860.